The Bertz CT molecular complexity index is 586. The van der Waals surface area contributed by atoms with E-state index in [2.05, 4.69) is 45.0 Å². The number of rotatable bonds is 4. The second kappa shape index (κ2) is 6.33. The van der Waals surface area contributed by atoms with Crippen LogP contribution in [0, 0.1) is 0 Å². The van der Waals surface area contributed by atoms with Gasteiger partial charge in [-0.1, -0.05) is 57.2 Å². The van der Waals surface area contributed by atoms with Crippen molar-refractivity contribution in [3.8, 4) is 5.75 Å². The Hall–Kier alpha value is -1.78. The number of ether oxygens (including phenoxy) is 1. The molecule has 3 nitrogen and oxygen atoms in total. The Kier molecular flexibility index (Phi) is 4.71. The van der Waals surface area contributed by atoms with Gasteiger partial charge in [-0.25, -0.2) is 0 Å². The molecule has 0 heterocycles. The van der Waals surface area contributed by atoms with Crippen molar-refractivity contribution in [2.45, 2.75) is 32.8 Å². The Morgan fingerprint density at radius 1 is 1.00 bits per heavy atom. The first-order valence-corrected chi connectivity index (χ1v) is 7.04. The molecule has 0 unspecified atom stereocenters. The van der Waals surface area contributed by atoms with E-state index in [4.69, 9.17) is 14.8 Å². The fourth-order valence-corrected chi connectivity index (χ4v) is 2.03. The molecular formula is C17H21BO3. The van der Waals surface area contributed by atoms with Crippen molar-refractivity contribution in [3.63, 3.8) is 0 Å². The first-order valence-electron chi connectivity index (χ1n) is 7.04. The summed E-state index contributed by atoms with van der Waals surface area (Å²) in [5.74, 6) is 0.625. The third-order valence-corrected chi connectivity index (χ3v) is 3.38. The maximum absolute atomic E-state index is 9.14. The molecule has 2 aromatic rings. The molecule has 0 saturated heterocycles. The molecule has 0 atom stereocenters. The molecule has 2 aromatic carbocycles. The summed E-state index contributed by atoms with van der Waals surface area (Å²) in [5.41, 5.74) is 2.94. The zero-order valence-electron chi connectivity index (χ0n) is 12.7. The molecule has 0 radical (unpaired) electrons. The van der Waals surface area contributed by atoms with E-state index in [9.17, 15) is 0 Å². The van der Waals surface area contributed by atoms with E-state index >= 15 is 0 Å². The highest BCUT2D eigenvalue weighted by Gasteiger charge is 2.13. The molecule has 2 N–H and O–H groups in total. The monoisotopic (exact) mass is 284 g/mol. The highest BCUT2D eigenvalue weighted by atomic mass is 16.5. The lowest BCUT2D eigenvalue weighted by Crippen LogP contribution is -2.29. The summed E-state index contributed by atoms with van der Waals surface area (Å²) in [7, 11) is -1.47. The fraction of sp³-hybridized carbons (Fsp3) is 0.294. The van der Waals surface area contributed by atoms with Gasteiger partial charge in [-0.2, -0.15) is 0 Å². The molecule has 0 spiro atoms. The first kappa shape index (κ1) is 15.6. The van der Waals surface area contributed by atoms with Crippen molar-refractivity contribution < 1.29 is 14.8 Å². The molecule has 0 aliphatic carbocycles. The molecule has 4 heteroatoms. The van der Waals surface area contributed by atoms with Crippen molar-refractivity contribution >= 4 is 12.6 Å². The van der Waals surface area contributed by atoms with Crippen molar-refractivity contribution in [2.24, 2.45) is 0 Å². The minimum Gasteiger partial charge on any atom is -0.489 e. The van der Waals surface area contributed by atoms with E-state index < -0.39 is 7.12 Å². The molecule has 0 aromatic heterocycles. The average Bonchev–Trinajstić information content (AvgIpc) is 2.45. The van der Waals surface area contributed by atoms with Crippen LogP contribution >= 0.6 is 0 Å². The molecular weight excluding hydrogens is 263 g/mol. The van der Waals surface area contributed by atoms with Crippen molar-refractivity contribution in [1.29, 1.82) is 0 Å². The Morgan fingerprint density at radius 3 is 2.24 bits per heavy atom. The average molecular weight is 284 g/mol. The van der Waals surface area contributed by atoms with Gasteiger partial charge in [-0.05, 0) is 34.1 Å². The lowest BCUT2D eigenvalue weighted by molar-refractivity contribution is 0.306. The second-order valence-electron chi connectivity index (χ2n) is 6.18. The lowest BCUT2D eigenvalue weighted by Gasteiger charge is -2.19. The topological polar surface area (TPSA) is 49.7 Å². The second-order valence-corrected chi connectivity index (χ2v) is 6.18. The highest BCUT2D eigenvalue weighted by Crippen LogP contribution is 2.22. The van der Waals surface area contributed by atoms with Crippen LogP contribution in [0.5, 0.6) is 5.75 Å². The first-order chi connectivity index (χ1) is 9.86. The van der Waals surface area contributed by atoms with Crippen LogP contribution in [0.15, 0.2) is 48.5 Å². The van der Waals surface area contributed by atoms with E-state index in [0.29, 0.717) is 17.8 Å². The predicted octanol–water partition coefficient (Wildman–Crippen LogP) is 2.24. The molecule has 0 saturated carbocycles. The quantitative estimate of drug-likeness (QED) is 0.847. The zero-order valence-corrected chi connectivity index (χ0v) is 12.7. The van der Waals surface area contributed by atoms with Gasteiger partial charge in [-0.3, -0.25) is 0 Å². The van der Waals surface area contributed by atoms with E-state index in [1.807, 2.05) is 0 Å². The van der Waals surface area contributed by atoms with E-state index in [1.54, 1.807) is 24.3 Å². The van der Waals surface area contributed by atoms with Crippen LogP contribution in [0.3, 0.4) is 0 Å². The molecule has 0 bridgehead atoms. The van der Waals surface area contributed by atoms with Crippen molar-refractivity contribution in [1.82, 2.24) is 0 Å². The summed E-state index contributed by atoms with van der Waals surface area (Å²) in [6.07, 6.45) is 0. The van der Waals surface area contributed by atoms with Crippen LogP contribution in [0.25, 0.3) is 0 Å². The molecule has 110 valence electrons. The third kappa shape index (κ3) is 4.35. The van der Waals surface area contributed by atoms with Gasteiger partial charge in [0.15, 0.2) is 0 Å². The zero-order chi connectivity index (χ0) is 15.5. The van der Waals surface area contributed by atoms with Crippen molar-refractivity contribution in [2.75, 3.05) is 0 Å². The minimum atomic E-state index is -1.47. The van der Waals surface area contributed by atoms with Crippen molar-refractivity contribution in [3.05, 3.63) is 59.7 Å². The summed E-state index contributed by atoms with van der Waals surface area (Å²) >= 11 is 0. The maximum Gasteiger partial charge on any atom is 0.488 e. The van der Waals surface area contributed by atoms with Crippen LogP contribution < -0.4 is 10.2 Å². The third-order valence-electron chi connectivity index (χ3n) is 3.38. The minimum absolute atomic E-state index is 0.144. The van der Waals surface area contributed by atoms with Gasteiger partial charge in [0.05, 0.1) is 0 Å². The van der Waals surface area contributed by atoms with Crippen LogP contribution in [-0.4, -0.2) is 17.2 Å². The highest BCUT2D eigenvalue weighted by molar-refractivity contribution is 6.58. The van der Waals surface area contributed by atoms with Gasteiger partial charge in [-0.15, -0.1) is 0 Å². The molecule has 21 heavy (non-hydrogen) atoms. The molecule has 2 rings (SSSR count). The lowest BCUT2D eigenvalue weighted by atomic mass is 9.80. The number of hydrogen-bond donors (Lipinski definition) is 2. The van der Waals surface area contributed by atoms with Gasteiger partial charge < -0.3 is 14.8 Å². The van der Waals surface area contributed by atoms with Gasteiger partial charge >= 0.3 is 7.12 Å². The molecule has 0 aliphatic rings. The molecule has 0 aliphatic heterocycles. The summed E-state index contributed by atoms with van der Waals surface area (Å²) in [6.45, 7) is 7.01. The number of benzene rings is 2. The Labute approximate surface area is 126 Å². The Balaban J connectivity index is 2.01. The van der Waals surface area contributed by atoms with Gasteiger partial charge in [0.1, 0.15) is 12.4 Å². The standard InChI is InChI=1S/C17H21BO3/c1-17(2,3)14-9-7-13(8-10-14)12-21-16-6-4-5-15(11-16)18(19)20/h4-11,19-20H,12H2,1-3H3. The summed E-state index contributed by atoms with van der Waals surface area (Å²) in [4.78, 5) is 0. The van der Waals surface area contributed by atoms with E-state index in [1.165, 1.54) is 5.56 Å². The van der Waals surface area contributed by atoms with Crippen LogP contribution in [-0.2, 0) is 12.0 Å². The van der Waals surface area contributed by atoms with E-state index in [0.717, 1.165) is 5.56 Å². The van der Waals surface area contributed by atoms with Crippen LogP contribution in [0.2, 0.25) is 0 Å². The molecule has 0 amide bonds. The number of hydrogen-bond acceptors (Lipinski definition) is 3. The summed E-state index contributed by atoms with van der Waals surface area (Å²) in [5, 5.41) is 18.3. The SMILES string of the molecule is CC(C)(C)c1ccc(COc2cccc(B(O)O)c2)cc1. The van der Waals surface area contributed by atoms with Gasteiger partial charge in [0.2, 0.25) is 0 Å². The van der Waals surface area contributed by atoms with E-state index in [-0.39, 0.29) is 5.41 Å². The summed E-state index contributed by atoms with van der Waals surface area (Å²) < 4.78 is 5.69. The predicted molar refractivity (Wildman–Crippen MR) is 85.7 cm³/mol. The van der Waals surface area contributed by atoms with Crippen LogP contribution in [0.4, 0.5) is 0 Å². The fourth-order valence-electron chi connectivity index (χ4n) is 2.03. The maximum atomic E-state index is 9.14. The van der Waals surface area contributed by atoms with Gasteiger partial charge in [0.25, 0.3) is 0 Å². The molecule has 0 fully saturated rings. The smallest absolute Gasteiger partial charge is 0.488 e. The summed E-state index contributed by atoms with van der Waals surface area (Å²) in [6, 6.07) is 15.2. The Morgan fingerprint density at radius 2 is 1.67 bits per heavy atom. The largest absolute Gasteiger partial charge is 0.489 e. The van der Waals surface area contributed by atoms with Gasteiger partial charge in [0, 0.05) is 0 Å². The van der Waals surface area contributed by atoms with Crippen LogP contribution in [0.1, 0.15) is 31.9 Å². The normalized spacial score (nSPS) is 11.3.